The largest absolute Gasteiger partial charge is 0.481 e. The summed E-state index contributed by atoms with van der Waals surface area (Å²) in [6, 6.07) is 8.43. The summed E-state index contributed by atoms with van der Waals surface area (Å²) in [5.74, 6) is -3.24. The molecule has 4 heteroatoms. The molecule has 0 bridgehead atoms. The molecule has 0 aliphatic rings. The Labute approximate surface area is 93.5 Å². The van der Waals surface area contributed by atoms with Gasteiger partial charge in [-0.15, -0.1) is 0 Å². The first-order chi connectivity index (χ1) is 7.40. The van der Waals surface area contributed by atoms with Crippen LogP contribution in [0.25, 0.3) is 0 Å². The highest BCUT2D eigenvalue weighted by molar-refractivity contribution is 5.88. The van der Waals surface area contributed by atoms with Crippen LogP contribution in [0.1, 0.15) is 19.4 Å². The van der Waals surface area contributed by atoms with Crippen molar-refractivity contribution < 1.29 is 19.8 Å². The van der Waals surface area contributed by atoms with E-state index in [1.807, 2.05) is 0 Å². The van der Waals surface area contributed by atoms with Gasteiger partial charge in [-0.05, 0) is 12.5 Å². The lowest BCUT2D eigenvalue weighted by Gasteiger charge is -2.29. The fraction of sp³-hybridized carbons (Fsp3) is 0.333. The van der Waals surface area contributed by atoms with E-state index < -0.39 is 23.3 Å². The summed E-state index contributed by atoms with van der Waals surface area (Å²) in [6.07, 6.45) is 0. The first kappa shape index (κ1) is 12.2. The molecule has 0 radical (unpaired) electrons. The van der Waals surface area contributed by atoms with E-state index in [0.29, 0.717) is 5.56 Å². The molecule has 0 heterocycles. The van der Waals surface area contributed by atoms with Crippen molar-refractivity contribution in [3.63, 3.8) is 0 Å². The third-order valence-electron chi connectivity index (χ3n) is 3.05. The van der Waals surface area contributed by atoms with Crippen molar-refractivity contribution in [2.45, 2.75) is 19.3 Å². The van der Waals surface area contributed by atoms with Gasteiger partial charge in [0.05, 0.1) is 5.92 Å². The zero-order valence-corrected chi connectivity index (χ0v) is 9.18. The number of carboxylic acid groups (broad SMARTS) is 2. The van der Waals surface area contributed by atoms with Gasteiger partial charge in [0.15, 0.2) is 0 Å². The summed E-state index contributed by atoms with van der Waals surface area (Å²) in [4.78, 5) is 22.3. The molecule has 0 aromatic heterocycles. The monoisotopic (exact) mass is 222 g/mol. The zero-order chi connectivity index (χ0) is 12.3. The summed E-state index contributed by atoms with van der Waals surface area (Å²) in [6.45, 7) is 2.84. The molecule has 1 rings (SSSR count). The molecule has 1 aromatic rings. The zero-order valence-electron chi connectivity index (χ0n) is 9.18. The van der Waals surface area contributed by atoms with E-state index in [9.17, 15) is 14.7 Å². The van der Waals surface area contributed by atoms with Gasteiger partial charge in [0.25, 0.3) is 0 Å². The van der Waals surface area contributed by atoms with Crippen LogP contribution in [-0.4, -0.2) is 22.2 Å². The summed E-state index contributed by atoms with van der Waals surface area (Å²) in [5, 5.41) is 18.2. The van der Waals surface area contributed by atoms with Crippen LogP contribution >= 0.6 is 0 Å². The Kier molecular flexibility index (Phi) is 3.32. The molecule has 0 fully saturated rings. The minimum absolute atomic E-state index is 0.498. The summed E-state index contributed by atoms with van der Waals surface area (Å²) < 4.78 is 0. The Morgan fingerprint density at radius 3 is 2.06 bits per heavy atom. The number of carboxylic acids is 2. The van der Waals surface area contributed by atoms with Crippen LogP contribution in [0.15, 0.2) is 30.3 Å². The topological polar surface area (TPSA) is 74.6 Å². The third kappa shape index (κ3) is 1.91. The SMILES string of the molecule is C[C@@H](C(=O)O)[C@@](C)(C(=O)O)c1ccccc1. The second-order valence-electron chi connectivity index (χ2n) is 3.93. The highest BCUT2D eigenvalue weighted by atomic mass is 16.4. The summed E-state index contributed by atoms with van der Waals surface area (Å²) in [5.41, 5.74) is -0.912. The molecule has 0 aliphatic carbocycles. The van der Waals surface area contributed by atoms with Gasteiger partial charge in [-0.1, -0.05) is 37.3 Å². The number of carbonyl (C=O) groups is 2. The fourth-order valence-corrected chi connectivity index (χ4v) is 1.59. The van der Waals surface area contributed by atoms with Crippen LogP contribution in [0.2, 0.25) is 0 Å². The van der Waals surface area contributed by atoms with E-state index in [4.69, 9.17) is 5.11 Å². The van der Waals surface area contributed by atoms with Crippen molar-refractivity contribution >= 4 is 11.9 Å². The maximum atomic E-state index is 11.3. The van der Waals surface area contributed by atoms with Crippen LogP contribution in [0, 0.1) is 5.92 Å². The minimum atomic E-state index is -1.41. The molecule has 86 valence electrons. The van der Waals surface area contributed by atoms with Gasteiger partial charge >= 0.3 is 11.9 Å². The minimum Gasteiger partial charge on any atom is -0.481 e. The van der Waals surface area contributed by atoms with E-state index in [1.54, 1.807) is 30.3 Å². The van der Waals surface area contributed by atoms with Crippen molar-refractivity contribution in [3.8, 4) is 0 Å². The van der Waals surface area contributed by atoms with E-state index in [-0.39, 0.29) is 0 Å². The summed E-state index contributed by atoms with van der Waals surface area (Å²) in [7, 11) is 0. The maximum absolute atomic E-state index is 11.3. The molecule has 2 atom stereocenters. The molecule has 4 nitrogen and oxygen atoms in total. The number of benzene rings is 1. The molecule has 0 saturated heterocycles. The van der Waals surface area contributed by atoms with Gasteiger partial charge in [-0.3, -0.25) is 9.59 Å². The van der Waals surface area contributed by atoms with Crippen molar-refractivity contribution in [2.24, 2.45) is 5.92 Å². The molecule has 0 amide bonds. The lowest BCUT2D eigenvalue weighted by Crippen LogP contribution is -2.42. The molecule has 0 spiro atoms. The van der Waals surface area contributed by atoms with E-state index in [0.717, 1.165) is 0 Å². The maximum Gasteiger partial charge on any atom is 0.314 e. The van der Waals surface area contributed by atoms with Crippen molar-refractivity contribution in [1.29, 1.82) is 0 Å². The van der Waals surface area contributed by atoms with Gasteiger partial charge in [-0.25, -0.2) is 0 Å². The van der Waals surface area contributed by atoms with Crippen LogP contribution in [0.4, 0.5) is 0 Å². The Balaban J connectivity index is 3.28. The van der Waals surface area contributed by atoms with E-state index in [1.165, 1.54) is 13.8 Å². The predicted molar refractivity (Wildman–Crippen MR) is 58.2 cm³/mol. The standard InChI is InChI=1S/C12H14O4/c1-8(10(13)14)12(2,11(15)16)9-6-4-3-5-7-9/h3-8H,1-2H3,(H,13,14)(H,15,16)/t8-,12+/m0/s1. The first-order valence-electron chi connectivity index (χ1n) is 4.92. The van der Waals surface area contributed by atoms with Gasteiger partial charge in [0.2, 0.25) is 0 Å². The van der Waals surface area contributed by atoms with E-state index >= 15 is 0 Å². The second-order valence-corrected chi connectivity index (χ2v) is 3.93. The molecule has 0 unspecified atom stereocenters. The number of hydrogen-bond donors (Lipinski definition) is 2. The average Bonchev–Trinajstić information content (AvgIpc) is 2.27. The smallest absolute Gasteiger partial charge is 0.314 e. The van der Waals surface area contributed by atoms with Gasteiger partial charge in [0, 0.05) is 0 Å². The highest BCUT2D eigenvalue weighted by Gasteiger charge is 2.44. The molecule has 0 saturated carbocycles. The molecule has 16 heavy (non-hydrogen) atoms. The summed E-state index contributed by atoms with van der Waals surface area (Å²) >= 11 is 0. The van der Waals surface area contributed by atoms with Crippen molar-refractivity contribution in [2.75, 3.05) is 0 Å². The molecule has 1 aromatic carbocycles. The molecule has 0 aliphatic heterocycles. The Morgan fingerprint density at radius 2 is 1.69 bits per heavy atom. The third-order valence-corrected chi connectivity index (χ3v) is 3.05. The highest BCUT2D eigenvalue weighted by Crippen LogP contribution is 2.32. The lowest BCUT2D eigenvalue weighted by molar-refractivity contribution is -0.154. The van der Waals surface area contributed by atoms with Crippen LogP contribution in [-0.2, 0) is 15.0 Å². The van der Waals surface area contributed by atoms with Crippen molar-refractivity contribution in [1.82, 2.24) is 0 Å². The lowest BCUT2D eigenvalue weighted by atomic mass is 9.72. The normalized spacial score (nSPS) is 16.1. The number of aliphatic carboxylic acids is 2. The molecular formula is C12H14O4. The molecule has 2 N–H and O–H groups in total. The van der Waals surface area contributed by atoms with Crippen LogP contribution < -0.4 is 0 Å². The van der Waals surface area contributed by atoms with Gasteiger partial charge < -0.3 is 10.2 Å². The van der Waals surface area contributed by atoms with Crippen LogP contribution in [0.3, 0.4) is 0 Å². The second kappa shape index (κ2) is 4.35. The average molecular weight is 222 g/mol. The predicted octanol–water partition coefficient (Wildman–Crippen LogP) is 1.75. The van der Waals surface area contributed by atoms with Crippen LogP contribution in [0.5, 0.6) is 0 Å². The van der Waals surface area contributed by atoms with Gasteiger partial charge in [-0.2, -0.15) is 0 Å². The first-order valence-corrected chi connectivity index (χ1v) is 4.92. The van der Waals surface area contributed by atoms with E-state index in [2.05, 4.69) is 0 Å². The fourth-order valence-electron chi connectivity index (χ4n) is 1.59. The number of rotatable bonds is 4. The Hall–Kier alpha value is -1.84. The number of hydrogen-bond acceptors (Lipinski definition) is 2. The molecular weight excluding hydrogens is 208 g/mol. The Bertz CT molecular complexity index is 399. The Morgan fingerprint density at radius 1 is 1.19 bits per heavy atom. The van der Waals surface area contributed by atoms with Crippen molar-refractivity contribution in [3.05, 3.63) is 35.9 Å². The quantitative estimate of drug-likeness (QED) is 0.813. The van der Waals surface area contributed by atoms with Gasteiger partial charge in [0.1, 0.15) is 5.41 Å².